The molecule has 0 saturated carbocycles. The van der Waals surface area contributed by atoms with Crippen molar-refractivity contribution in [2.45, 2.75) is 65.3 Å². The number of nitrogens with two attached hydrogens (primary N) is 1. The highest BCUT2D eigenvalue weighted by molar-refractivity contribution is 5.47. The molecule has 112 valence electrons. The molecule has 0 fully saturated rings. The Balaban J connectivity index is 1.87. The predicted octanol–water partition coefficient (Wildman–Crippen LogP) is 4.45. The molecule has 3 N–H and O–H groups in total. The summed E-state index contributed by atoms with van der Waals surface area (Å²) in [5.74, 6) is 0. The third-order valence-electron chi connectivity index (χ3n) is 4.53. The SMILES string of the molecule is CCCCCC(C)(C)CNC1CCc2cc(N)ccc21. The zero-order chi connectivity index (χ0) is 14.6. The molecule has 1 aliphatic carbocycles. The summed E-state index contributed by atoms with van der Waals surface area (Å²) in [6.45, 7) is 8.14. The number of anilines is 1. The van der Waals surface area contributed by atoms with Crippen LogP contribution in [0, 0.1) is 5.41 Å². The Morgan fingerprint density at radius 3 is 2.85 bits per heavy atom. The van der Waals surface area contributed by atoms with Crippen LogP contribution in [0.2, 0.25) is 0 Å². The lowest BCUT2D eigenvalue weighted by atomic mass is 9.86. The third kappa shape index (κ3) is 3.99. The van der Waals surface area contributed by atoms with Crippen molar-refractivity contribution in [2.75, 3.05) is 12.3 Å². The number of aryl methyl sites for hydroxylation is 1. The Bertz CT molecular complexity index is 437. The summed E-state index contributed by atoms with van der Waals surface area (Å²) in [6, 6.07) is 6.91. The van der Waals surface area contributed by atoms with Crippen LogP contribution < -0.4 is 11.1 Å². The van der Waals surface area contributed by atoms with E-state index in [1.165, 1.54) is 43.2 Å². The molecule has 2 nitrogen and oxygen atoms in total. The van der Waals surface area contributed by atoms with E-state index in [-0.39, 0.29) is 0 Å². The average molecular weight is 274 g/mol. The van der Waals surface area contributed by atoms with Crippen LogP contribution in [0.3, 0.4) is 0 Å². The smallest absolute Gasteiger partial charge is 0.0326 e. The fourth-order valence-corrected chi connectivity index (χ4v) is 3.19. The molecule has 0 radical (unpaired) electrons. The van der Waals surface area contributed by atoms with Gasteiger partial charge in [0, 0.05) is 18.3 Å². The van der Waals surface area contributed by atoms with Gasteiger partial charge in [-0.05, 0) is 47.9 Å². The van der Waals surface area contributed by atoms with Crippen molar-refractivity contribution < 1.29 is 0 Å². The summed E-state index contributed by atoms with van der Waals surface area (Å²) in [5, 5.41) is 3.78. The first-order chi connectivity index (χ1) is 9.52. The summed E-state index contributed by atoms with van der Waals surface area (Å²) >= 11 is 0. The highest BCUT2D eigenvalue weighted by Gasteiger charge is 2.25. The summed E-state index contributed by atoms with van der Waals surface area (Å²) in [7, 11) is 0. The van der Waals surface area contributed by atoms with Gasteiger partial charge in [0.1, 0.15) is 0 Å². The molecular formula is C18H30N2. The largest absolute Gasteiger partial charge is 0.399 e. The minimum absolute atomic E-state index is 0.395. The molecule has 0 spiro atoms. The summed E-state index contributed by atoms with van der Waals surface area (Å²) in [6.07, 6.45) is 7.70. The minimum atomic E-state index is 0.395. The molecule has 0 bridgehead atoms. The number of benzene rings is 1. The van der Waals surface area contributed by atoms with Crippen LogP contribution in [0.4, 0.5) is 5.69 Å². The Morgan fingerprint density at radius 1 is 1.30 bits per heavy atom. The quantitative estimate of drug-likeness (QED) is 0.569. The van der Waals surface area contributed by atoms with Gasteiger partial charge in [0.05, 0.1) is 0 Å². The summed E-state index contributed by atoms with van der Waals surface area (Å²) in [4.78, 5) is 0. The van der Waals surface area contributed by atoms with Gasteiger partial charge >= 0.3 is 0 Å². The first-order valence-electron chi connectivity index (χ1n) is 8.13. The third-order valence-corrected chi connectivity index (χ3v) is 4.53. The molecule has 0 aromatic heterocycles. The number of unbranched alkanes of at least 4 members (excludes halogenated alkanes) is 2. The van der Waals surface area contributed by atoms with Gasteiger partial charge in [0.25, 0.3) is 0 Å². The van der Waals surface area contributed by atoms with Crippen molar-refractivity contribution in [3.05, 3.63) is 29.3 Å². The van der Waals surface area contributed by atoms with Gasteiger partial charge in [-0.1, -0.05) is 46.1 Å². The lowest BCUT2D eigenvalue weighted by Gasteiger charge is -2.27. The fourth-order valence-electron chi connectivity index (χ4n) is 3.19. The van der Waals surface area contributed by atoms with Gasteiger partial charge < -0.3 is 11.1 Å². The monoisotopic (exact) mass is 274 g/mol. The molecular weight excluding hydrogens is 244 g/mol. The predicted molar refractivity (Wildman–Crippen MR) is 87.8 cm³/mol. The number of hydrogen-bond donors (Lipinski definition) is 2. The van der Waals surface area contributed by atoms with E-state index in [0.29, 0.717) is 11.5 Å². The van der Waals surface area contributed by atoms with Gasteiger partial charge in [-0.2, -0.15) is 0 Å². The number of fused-ring (bicyclic) bond motifs is 1. The Hall–Kier alpha value is -1.02. The summed E-state index contributed by atoms with van der Waals surface area (Å²) < 4.78 is 0. The van der Waals surface area contributed by atoms with Crippen molar-refractivity contribution >= 4 is 5.69 Å². The molecule has 2 rings (SSSR count). The normalized spacial score (nSPS) is 18.2. The Kier molecular flexibility index (Phi) is 5.09. The van der Waals surface area contributed by atoms with Crippen LogP contribution in [0.1, 0.15) is 70.0 Å². The van der Waals surface area contributed by atoms with Gasteiger partial charge in [-0.25, -0.2) is 0 Å². The van der Waals surface area contributed by atoms with E-state index in [2.05, 4.69) is 38.2 Å². The molecule has 1 aliphatic rings. The zero-order valence-corrected chi connectivity index (χ0v) is 13.3. The molecule has 1 aromatic carbocycles. The molecule has 2 heteroatoms. The lowest BCUT2D eigenvalue weighted by Crippen LogP contribution is -2.31. The van der Waals surface area contributed by atoms with Crippen molar-refractivity contribution in [3.63, 3.8) is 0 Å². The van der Waals surface area contributed by atoms with Crippen LogP contribution >= 0.6 is 0 Å². The van der Waals surface area contributed by atoms with E-state index >= 15 is 0 Å². The molecule has 0 saturated heterocycles. The Labute approximate surface area is 124 Å². The zero-order valence-electron chi connectivity index (χ0n) is 13.3. The molecule has 20 heavy (non-hydrogen) atoms. The van der Waals surface area contributed by atoms with Crippen LogP contribution in [0.5, 0.6) is 0 Å². The molecule has 0 amide bonds. The fraction of sp³-hybridized carbons (Fsp3) is 0.667. The first-order valence-corrected chi connectivity index (χ1v) is 8.13. The second-order valence-electron chi connectivity index (χ2n) is 7.05. The maximum Gasteiger partial charge on any atom is 0.0326 e. The van der Waals surface area contributed by atoms with E-state index < -0.39 is 0 Å². The van der Waals surface area contributed by atoms with E-state index in [1.807, 2.05) is 6.07 Å². The number of nitrogens with one attached hydrogen (secondary N) is 1. The summed E-state index contributed by atoms with van der Waals surface area (Å²) in [5.41, 5.74) is 10.1. The van der Waals surface area contributed by atoms with Crippen molar-refractivity contribution in [2.24, 2.45) is 5.41 Å². The molecule has 1 aromatic rings. The first kappa shape index (κ1) is 15.4. The van der Waals surface area contributed by atoms with Crippen molar-refractivity contribution in [1.82, 2.24) is 5.32 Å². The Morgan fingerprint density at radius 2 is 2.10 bits per heavy atom. The standard InChI is InChI=1S/C18H30N2/c1-4-5-6-11-18(2,3)13-20-17-10-7-14-12-15(19)8-9-16(14)17/h8-9,12,17,20H,4-7,10-11,13,19H2,1-3H3. The topological polar surface area (TPSA) is 38.0 Å². The molecule has 0 heterocycles. The van der Waals surface area contributed by atoms with E-state index in [9.17, 15) is 0 Å². The number of rotatable bonds is 7. The average Bonchev–Trinajstić information content (AvgIpc) is 2.79. The van der Waals surface area contributed by atoms with Gasteiger partial charge in [0.15, 0.2) is 0 Å². The molecule has 1 atom stereocenters. The highest BCUT2D eigenvalue weighted by Crippen LogP contribution is 2.33. The minimum Gasteiger partial charge on any atom is -0.399 e. The van der Waals surface area contributed by atoms with Gasteiger partial charge in [-0.15, -0.1) is 0 Å². The van der Waals surface area contributed by atoms with E-state index in [0.717, 1.165) is 18.7 Å². The lowest BCUT2D eigenvalue weighted by molar-refractivity contribution is 0.287. The van der Waals surface area contributed by atoms with E-state index in [1.54, 1.807) is 0 Å². The van der Waals surface area contributed by atoms with Crippen molar-refractivity contribution in [3.8, 4) is 0 Å². The van der Waals surface area contributed by atoms with Gasteiger partial charge in [0.2, 0.25) is 0 Å². The molecule has 0 aliphatic heterocycles. The van der Waals surface area contributed by atoms with Gasteiger partial charge in [-0.3, -0.25) is 0 Å². The number of nitrogen functional groups attached to an aromatic ring is 1. The highest BCUT2D eigenvalue weighted by atomic mass is 14.9. The van der Waals surface area contributed by atoms with Crippen LogP contribution in [-0.2, 0) is 6.42 Å². The second-order valence-corrected chi connectivity index (χ2v) is 7.05. The molecule has 1 unspecified atom stereocenters. The number of hydrogen-bond acceptors (Lipinski definition) is 2. The maximum atomic E-state index is 5.87. The van der Waals surface area contributed by atoms with Crippen LogP contribution in [0.25, 0.3) is 0 Å². The maximum absolute atomic E-state index is 5.87. The van der Waals surface area contributed by atoms with E-state index in [4.69, 9.17) is 5.73 Å². The van der Waals surface area contributed by atoms with Crippen molar-refractivity contribution in [1.29, 1.82) is 0 Å². The van der Waals surface area contributed by atoms with Crippen LogP contribution in [-0.4, -0.2) is 6.54 Å². The second kappa shape index (κ2) is 6.62. The van der Waals surface area contributed by atoms with Crippen LogP contribution in [0.15, 0.2) is 18.2 Å².